The summed E-state index contributed by atoms with van der Waals surface area (Å²) in [6.45, 7) is 0. The highest BCUT2D eigenvalue weighted by atomic mass is 32.2. The Morgan fingerprint density at radius 2 is 2.07 bits per heavy atom. The van der Waals surface area contributed by atoms with Crippen molar-refractivity contribution in [3.8, 4) is 0 Å². The molecule has 1 amide bonds. The van der Waals surface area contributed by atoms with Crippen LogP contribution in [-0.4, -0.2) is 16.5 Å². The van der Waals surface area contributed by atoms with Crippen LogP contribution < -0.4 is 15.6 Å². The van der Waals surface area contributed by atoms with E-state index in [1.807, 2.05) is 0 Å². The number of aromatic nitrogens is 1. The van der Waals surface area contributed by atoms with Gasteiger partial charge in [0.05, 0.1) is 5.56 Å². The van der Waals surface area contributed by atoms with Crippen LogP contribution in [0.4, 0.5) is 0 Å². The number of rotatable bonds is 1. The summed E-state index contributed by atoms with van der Waals surface area (Å²) in [5.74, 6) is -0.341. The molecule has 1 heterocycles. The minimum Gasteiger partial charge on any atom is -0.619 e. The van der Waals surface area contributed by atoms with Crippen molar-refractivity contribution in [3.05, 3.63) is 35.3 Å². The van der Waals surface area contributed by atoms with E-state index in [0.717, 1.165) is 0 Å². The lowest BCUT2D eigenvalue weighted by molar-refractivity contribution is -0.605. The lowest BCUT2D eigenvalue weighted by Gasteiger charge is -2.06. The summed E-state index contributed by atoms with van der Waals surface area (Å²) < 4.78 is 1.08. The molecule has 1 rings (SSSR count). The number of hydrazine groups is 1. The van der Waals surface area contributed by atoms with Gasteiger partial charge in [0.2, 0.25) is 0 Å². The molecule has 0 unspecified atom stereocenters. The fourth-order valence-corrected chi connectivity index (χ4v) is 0.999. The van der Waals surface area contributed by atoms with Crippen molar-refractivity contribution in [2.75, 3.05) is 6.26 Å². The van der Waals surface area contributed by atoms with Crippen LogP contribution in [0.25, 0.3) is 0 Å². The normalized spacial score (nSPS) is 9.40. The summed E-state index contributed by atoms with van der Waals surface area (Å²) in [6, 6.07) is 2.85. The van der Waals surface area contributed by atoms with Crippen molar-refractivity contribution in [1.29, 1.82) is 0 Å². The summed E-state index contributed by atoms with van der Waals surface area (Å²) in [5, 5.41) is 10.7. The molecule has 2 N–H and O–H groups in total. The topological polar surface area (TPSA) is 68.1 Å². The third-order valence-corrected chi connectivity index (χ3v) is 2.60. The number of hydrogen-bond acceptors (Lipinski definition) is 4. The van der Waals surface area contributed by atoms with Gasteiger partial charge < -0.3 is 5.21 Å². The van der Waals surface area contributed by atoms with Crippen LogP contribution in [0, 0.1) is 5.21 Å². The van der Waals surface area contributed by atoms with E-state index in [1.165, 1.54) is 36.3 Å². The monoisotopic (exact) mass is 243 g/mol. The molecule has 0 aliphatic carbocycles. The van der Waals surface area contributed by atoms with E-state index >= 15 is 0 Å². The average Bonchev–Trinajstić information content (AvgIpc) is 2.26. The van der Waals surface area contributed by atoms with E-state index in [2.05, 4.69) is 10.9 Å². The van der Waals surface area contributed by atoms with Gasteiger partial charge in [-0.25, -0.2) is 0 Å². The Kier molecular flexibility index (Phi) is 4.32. The van der Waals surface area contributed by atoms with Gasteiger partial charge in [0.25, 0.3) is 5.91 Å². The second kappa shape index (κ2) is 5.52. The molecule has 15 heavy (non-hydrogen) atoms. The first-order valence-corrected chi connectivity index (χ1v) is 5.60. The first-order valence-electron chi connectivity index (χ1n) is 3.96. The van der Waals surface area contributed by atoms with Crippen LogP contribution in [-0.2, 0) is 0 Å². The molecule has 0 spiro atoms. The van der Waals surface area contributed by atoms with Gasteiger partial charge >= 0.3 is 0 Å². The molecule has 80 valence electrons. The van der Waals surface area contributed by atoms with E-state index < -0.39 is 0 Å². The van der Waals surface area contributed by atoms with Gasteiger partial charge in [-0.3, -0.25) is 15.6 Å². The number of carbonyl (C=O) groups is 1. The Hall–Kier alpha value is -1.34. The SMILES string of the molecule is CSC(=S)NNC(=O)c1cc[n+]([O-])cc1. The molecule has 0 atom stereocenters. The van der Waals surface area contributed by atoms with Gasteiger partial charge in [0.1, 0.15) is 0 Å². The first-order chi connectivity index (χ1) is 7.13. The predicted octanol–water partition coefficient (Wildman–Crippen LogP) is 0.202. The van der Waals surface area contributed by atoms with Gasteiger partial charge in [0, 0.05) is 12.1 Å². The van der Waals surface area contributed by atoms with Crippen molar-refractivity contribution in [2.24, 2.45) is 0 Å². The lowest BCUT2D eigenvalue weighted by Crippen LogP contribution is -2.39. The van der Waals surface area contributed by atoms with Crippen LogP contribution in [0.15, 0.2) is 24.5 Å². The second-order valence-electron chi connectivity index (χ2n) is 2.52. The second-order valence-corrected chi connectivity index (χ2v) is 4.00. The van der Waals surface area contributed by atoms with Crippen molar-refractivity contribution in [3.63, 3.8) is 0 Å². The number of nitrogens with one attached hydrogen (secondary N) is 2. The Morgan fingerprint density at radius 3 is 2.60 bits per heavy atom. The molecule has 0 radical (unpaired) electrons. The molecule has 7 heteroatoms. The molecule has 0 saturated carbocycles. The van der Waals surface area contributed by atoms with Gasteiger partial charge in [-0.05, 0) is 6.26 Å². The zero-order valence-electron chi connectivity index (χ0n) is 7.89. The quantitative estimate of drug-likeness (QED) is 0.319. The molecule has 0 fully saturated rings. The van der Waals surface area contributed by atoms with Crippen molar-refractivity contribution >= 4 is 34.2 Å². The number of thiocarbonyl (C=S) groups is 1. The summed E-state index contributed by atoms with van der Waals surface area (Å²) in [5.41, 5.74) is 5.35. The number of carbonyl (C=O) groups excluding carboxylic acids is 1. The Balaban J connectivity index is 2.54. The van der Waals surface area contributed by atoms with Crippen LogP contribution >= 0.6 is 24.0 Å². The molecule has 0 bridgehead atoms. The first kappa shape index (κ1) is 11.7. The Bertz CT molecular complexity index is 367. The van der Waals surface area contributed by atoms with Crippen LogP contribution in [0.1, 0.15) is 10.4 Å². The highest BCUT2D eigenvalue weighted by Gasteiger charge is 2.05. The molecule has 0 aromatic carbocycles. The Labute approximate surface area is 96.4 Å². The number of hydrogen-bond donors (Lipinski definition) is 2. The smallest absolute Gasteiger partial charge is 0.270 e. The summed E-state index contributed by atoms with van der Waals surface area (Å²) in [4.78, 5) is 11.4. The number of nitrogens with zero attached hydrogens (tertiary/aromatic N) is 1. The van der Waals surface area contributed by atoms with Gasteiger partial charge in [0.15, 0.2) is 16.7 Å². The van der Waals surface area contributed by atoms with E-state index in [4.69, 9.17) is 12.2 Å². The third kappa shape index (κ3) is 3.72. The molecule has 0 aliphatic heterocycles. The minimum atomic E-state index is -0.341. The molecule has 1 aromatic heterocycles. The number of amides is 1. The maximum absolute atomic E-state index is 11.4. The van der Waals surface area contributed by atoms with E-state index in [1.54, 1.807) is 6.26 Å². The Morgan fingerprint density at radius 1 is 1.47 bits per heavy atom. The summed E-state index contributed by atoms with van der Waals surface area (Å²) in [6.07, 6.45) is 4.30. The largest absolute Gasteiger partial charge is 0.619 e. The molecule has 5 nitrogen and oxygen atoms in total. The maximum atomic E-state index is 11.4. The van der Waals surface area contributed by atoms with E-state index in [9.17, 15) is 10.0 Å². The molecule has 0 saturated heterocycles. The summed E-state index contributed by atoms with van der Waals surface area (Å²) in [7, 11) is 0. The highest BCUT2D eigenvalue weighted by molar-refractivity contribution is 8.22. The molecule has 1 aromatic rings. The molecule has 0 aliphatic rings. The molecular weight excluding hydrogens is 234 g/mol. The number of thioether (sulfide) groups is 1. The van der Waals surface area contributed by atoms with Crippen molar-refractivity contribution in [1.82, 2.24) is 10.9 Å². The van der Waals surface area contributed by atoms with Gasteiger partial charge in [-0.2, -0.15) is 4.73 Å². The van der Waals surface area contributed by atoms with Crippen LogP contribution in [0.3, 0.4) is 0 Å². The van der Waals surface area contributed by atoms with Crippen molar-refractivity contribution in [2.45, 2.75) is 0 Å². The minimum absolute atomic E-state index is 0.341. The number of pyridine rings is 1. The standard InChI is InChI=1S/C8H9N3O2S2/c1-15-8(14)10-9-7(12)6-2-4-11(13)5-3-6/h2-5H,1H3,(H,9,12)(H,10,14). The predicted molar refractivity (Wildman–Crippen MR) is 62.1 cm³/mol. The molecular formula is C8H9N3O2S2. The van der Waals surface area contributed by atoms with Gasteiger partial charge in [-0.1, -0.05) is 24.0 Å². The summed E-state index contributed by atoms with van der Waals surface area (Å²) >= 11 is 6.14. The fourth-order valence-electron chi connectivity index (χ4n) is 0.795. The van der Waals surface area contributed by atoms with E-state index in [0.29, 0.717) is 14.6 Å². The third-order valence-electron chi connectivity index (χ3n) is 1.53. The average molecular weight is 243 g/mol. The van der Waals surface area contributed by atoms with Crippen LogP contribution in [0.5, 0.6) is 0 Å². The van der Waals surface area contributed by atoms with Crippen molar-refractivity contribution < 1.29 is 9.52 Å². The highest BCUT2D eigenvalue weighted by Crippen LogP contribution is 1.95. The maximum Gasteiger partial charge on any atom is 0.270 e. The zero-order valence-corrected chi connectivity index (χ0v) is 9.52. The zero-order chi connectivity index (χ0) is 11.3. The van der Waals surface area contributed by atoms with E-state index in [-0.39, 0.29) is 5.91 Å². The van der Waals surface area contributed by atoms with Crippen LogP contribution in [0.2, 0.25) is 0 Å². The fraction of sp³-hybridized carbons (Fsp3) is 0.125. The lowest BCUT2D eigenvalue weighted by atomic mass is 10.3. The van der Waals surface area contributed by atoms with Gasteiger partial charge in [-0.15, -0.1) is 0 Å².